The van der Waals surface area contributed by atoms with Crippen molar-refractivity contribution in [2.75, 3.05) is 0 Å². The second kappa shape index (κ2) is 5.43. The van der Waals surface area contributed by atoms with Crippen molar-refractivity contribution < 1.29 is 14.9 Å². The van der Waals surface area contributed by atoms with Crippen LogP contribution in [0, 0.1) is 0 Å². The van der Waals surface area contributed by atoms with Crippen LogP contribution >= 0.6 is 0 Å². The predicted molar refractivity (Wildman–Crippen MR) is 62.6 cm³/mol. The van der Waals surface area contributed by atoms with Gasteiger partial charge in [0.1, 0.15) is 5.75 Å². The number of ether oxygens (including phenoxy) is 1. The third-order valence-corrected chi connectivity index (χ3v) is 2.37. The molecule has 0 aliphatic carbocycles. The van der Waals surface area contributed by atoms with E-state index in [4.69, 9.17) is 9.84 Å². The lowest BCUT2D eigenvalue weighted by Gasteiger charge is -2.10. The summed E-state index contributed by atoms with van der Waals surface area (Å²) in [5, 5.41) is 18.3. The Morgan fingerprint density at radius 1 is 0.941 bits per heavy atom. The SMILES string of the molecule is OCc1ccccc1Oc1ncccc1CO. The Morgan fingerprint density at radius 3 is 2.41 bits per heavy atom. The topological polar surface area (TPSA) is 62.6 Å². The molecular weight excluding hydrogens is 218 g/mol. The zero-order valence-electron chi connectivity index (χ0n) is 9.21. The van der Waals surface area contributed by atoms with Crippen molar-refractivity contribution in [1.82, 2.24) is 4.98 Å². The summed E-state index contributed by atoms with van der Waals surface area (Å²) in [6.45, 7) is -0.234. The quantitative estimate of drug-likeness (QED) is 0.843. The number of aliphatic hydroxyl groups is 2. The van der Waals surface area contributed by atoms with E-state index in [2.05, 4.69) is 4.98 Å². The molecule has 0 bridgehead atoms. The molecular formula is C13H13NO3. The highest BCUT2D eigenvalue weighted by Gasteiger charge is 2.07. The van der Waals surface area contributed by atoms with Crippen LogP contribution in [0.5, 0.6) is 11.6 Å². The van der Waals surface area contributed by atoms with E-state index in [-0.39, 0.29) is 13.2 Å². The highest BCUT2D eigenvalue weighted by atomic mass is 16.5. The summed E-state index contributed by atoms with van der Waals surface area (Å²) in [5.74, 6) is 0.902. The van der Waals surface area contributed by atoms with Gasteiger partial charge in [0.15, 0.2) is 0 Å². The first-order valence-electron chi connectivity index (χ1n) is 5.26. The van der Waals surface area contributed by atoms with Crippen LogP contribution in [0.2, 0.25) is 0 Å². The van der Waals surface area contributed by atoms with Crippen LogP contribution in [0.3, 0.4) is 0 Å². The van der Waals surface area contributed by atoms with Crippen LogP contribution in [0.15, 0.2) is 42.6 Å². The standard InChI is InChI=1S/C13H13NO3/c15-8-10-4-1-2-6-12(10)17-13-11(9-16)5-3-7-14-13/h1-7,15-16H,8-9H2. The molecule has 1 heterocycles. The Morgan fingerprint density at radius 2 is 1.65 bits per heavy atom. The molecule has 2 aromatic rings. The number of benzene rings is 1. The van der Waals surface area contributed by atoms with Gasteiger partial charge in [-0.15, -0.1) is 0 Å². The van der Waals surface area contributed by atoms with E-state index in [9.17, 15) is 5.11 Å². The van der Waals surface area contributed by atoms with Gasteiger partial charge in [-0.05, 0) is 18.2 Å². The average molecular weight is 231 g/mol. The van der Waals surface area contributed by atoms with E-state index in [1.807, 2.05) is 12.1 Å². The molecule has 1 aromatic heterocycles. The first-order chi connectivity index (χ1) is 8.35. The lowest BCUT2D eigenvalue weighted by molar-refractivity contribution is 0.269. The molecule has 0 unspecified atom stereocenters. The van der Waals surface area contributed by atoms with Gasteiger partial charge in [-0.2, -0.15) is 0 Å². The van der Waals surface area contributed by atoms with Crippen molar-refractivity contribution in [3.05, 3.63) is 53.7 Å². The smallest absolute Gasteiger partial charge is 0.224 e. The molecule has 0 amide bonds. The van der Waals surface area contributed by atoms with Crippen molar-refractivity contribution >= 4 is 0 Å². The lowest BCUT2D eigenvalue weighted by atomic mass is 10.2. The van der Waals surface area contributed by atoms with E-state index in [1.54, 1.807) is 30.5 Å². The molecule has 0 aliphatic heterocycles. The number of hydrogen-bond acceptors (Lipinski definition) is 4. The zero-order chi connectivity index (χ0) is 12.1. The van der Waals surface area contributed by atoms with Gasteiger partial charge < -0.3 is 14.9 Å². The number of hydrogen-bond donors (Lipinski definition) is 2. The minimum absolute atomic E-state index is 0.0997. The van der Waals surface area contributed by atoms with Crippen molar-refractivity contribution in [3.63, 3.8) is 0 Å². The van der Waals surface area contributed by atoms with Gasteiger partial charge >= 0.3 is 0 Å². The Kier molecular flexibility index (Phi) is 3.69. The fourth-order valence-electron chi connectivity index (χ4n) is 1.47. The Bertz CT molecular complexity index is 454. The minimum Gasteiger partial charge on any atom is -0.438 e. The molecule has 4 nitrogen and oxygen atoms in total. The molecule has 1 aromatic carbocycles. The molecule has 88 valence electrons. The monoisotopic (exact) mass is 231 g/mol. The minimum atomic E-state index is -0.134. The Balaban J connectivity index is 2.31. The third kappa shape index (κ3) is 2.61. The van der Waals surface area contributed by atoms with Gasteiger partial charge in [-0.25, -0.2) is 4.98 Å². The molecule has 0 radical (unpaired) electrons. The van der Waals surface area contributed by atoms with Crippen LogP contribution in [-0.2, 0) is 13.2 Å². The van der Waals surface area contributed by atoms with Crippen LogP contribution in [0.4, 0.5) is 0 Å². The molecule has 2 N–H and O–H groups in total. The predicted octanol–water partition coefficient (Wildman–Crippen LogP) is 1.86. The molecule has 4 heteroatoms. The number of aromatic nitrogens is 1. The van der Waals surface area contributed by atoms with E-state index >= 15 is 0 Å². The summed E-state index contributed by atoms with van der Waals surface area (Å²) in [6, 6.07) is 10.6. The normalized spacial score (nSPS) is 10.2. The highest BCUT2D eigenvalue weighted by molar-refractivity contribution is 5.37. The van der Waals surface area contributed by atoms with Gasteiger partial charge in [0.05, 0.1) is 13.2 Å². The summed E-state index contributed by atoms with van der Waals surface area (Å²) < 4.78 is 5.59. The first-order valence-corrected chi connectivity index (χ1v) is 5.26. The molecule has 0 saturated heterocycles. The molecule has 2 rings (SSSR count). The molecule has 0 fully saturated rings. The average Bonchev–Trinajstić information content (AvgIpc) is 2.40. The van der Waals surface area contributed by atoms with Crippen LogP contribution in [0.25, 0.3) is 0 Å². The maximum absolute atomic E-state index is 9.17. The summed E-state index contributed by atoms with van der Waals surface area (Å²) in [6.07, 6.45) is 1.59. The summed E-state index contributed by atoms with van der Waals surface area (Å²) in [4.78, 5) is 4.06. The largest absolute Gasteiger partial charge is 0.438 e. The molecule has 0 atom stereocenters. The lowest BCUT2D eigenvalue weighted by Crippen LogP contribution is -1.97. The number of pyridine rings is 1. The third-order valence-electron chi connectivity index (χ3n) is 2.37. The fourth-order valence-corrected chi connectivity index (χ4v) is 1.47. The van der Waals surface area contributed by atoms with Gasteiger partial charge in [-0.3, -0.25) is 0 Å². The zero-order valence-corrected chi connectivity index (χ0v) is 9.21. The van der Waals surface area contributed by atoms with E-state index in [0.717, 1.165) is 0 Å². The van der Waals surface area contributed by atoms with Gasteiger partial charge in [0, 0.05) is 17.3 Å². The molecule has 17 heavy (non-hydrogen) atoms. The fraction of sp³-hybridized carbons (Fsp3) is 0.154. The summed E-state index contributed by atoms with van der Waals surface area (Å²) in [5.41, 5.74) is 1.29. The highest BCUT2D eigenvalue weighted by Crippen LogP contribution is 2.26. The molecule has 0 aliphatic rings. The second-order valence-corrected chi connectivity index (χ2v) is 3.49. The van der Waals surface area contributed by atoms with Crippen molar-refractivity contribution in [1.29, 1.82) is 0 Å². The Hall–Kier alpha value is -1.91. The van der Waals surface area contributed by atoms with Crippen LogP contribution in [-0.4, -0.2) is 15.2 Å². The van der Waals surface area contributed by atoms with Gasteiger partial charge in [-0.1, -0.05) is 18.2 Å². The summed E-state index contributed by atoms with van der Waals surface area (Å²) in [7, 11) is 0. The number of rotatable bonds is 4. The van der Waals surface area contributed by atoms with Crippen molar-refractivity contribution in [3.8, 4) is 11.6 Å². The first kappa shape index (κ1) is 11.6. The second-order valence-electron chi connectivity index (χ2n) is 3.49. The van der Waals surface area contributed by atoms with Crippen LogP contribution in [0.1, 0.15) is 11.1 Å². The van der Waals surface area contributed by atoms with Crippen molar-refractivity contribution in [2.45, 2.75) is 13.2 Å². The molecule has 0 saturated carbocycles. The van der Waals surface area contributed by atoms with Crippen molar-refractivity contribution in [2.24, 2.45) is 0 Å². The van der Waals surface area contributed by atoms with E-state index < -0.39 is 0 Å². The molecule has 0 spiro atoms. The summed E-state index contributed by atoms with van der Waals surface area (Å²) >= 11 is 0. The number of nitrogens with zero attached hydrogens (tertiary/aromatic N) is 1. The van der Waals surface area contributed by atoms with Crippen LogP contribution < -0.4 is 4.74 Å². The maximum atomic E-state index is 9.17. The Labute approximate surface area is 99.1 Å². The number of aliphatic hydroxyl groups excluding tert-OH is 2. The maximum Gasteiger partial charge on any atom is 0.224 e. The van der Waals surface area contributed by atoms with Gasteiger partial charge in [0.2, 0.25) is 5.88 Å². The van der Waals surface area contributed by atoms with E-state index in [1.165, 1.54) is 0 Å². The van der Waals surface area contributed by atoms with Gasteiger partial charge in [0.25, 0.3) is 0 Å². The van der Waals surface area contributed by atoms with E-state index in [0.29, 0.717) is 22.8 Å². The number of para-hydroxylation sites is 1.